The van der Waals surface area contributed by atoms with Crippen LogP contribution in [0.2, 0.25) is 17.3 Å². The number of aryl methyl sites for hydroxylation is 1. The minimum absolute atomic E-state index is 0. The van der Waals surface area contributed by atoms with Gasteiger partial charge in [-0.2, -0.15) is 11.3 Å². The molecule has 0 aliphatic carbocycles. The van der Waals surface area contributed by atoms with Gasteiger partial charge in [0.2, 0.25) is 0 Å². The fourth-order valence-electron chi connectivity index (χ4n) is 5.84. The van der Waals surface area contributed by atoms with Crippen LogP contribution in [0, 0.1) is 30.7 Å². The molecule has 0 bridgehead atoms. The van der Waals surface area contributed by atoms with Crippen LogP contribution in [0.3, 0.4) is 0 Å². The van der Waals surface area contributed by atoms with Crippen LogP contribution >= 0.6 is 11.3 Å². The van der Waals surface area contributed by atoms with Crippen molar-refractivity contribution in [2.24, 2.45) is 5.92 Å². The molecule has 2 nitrogen and oxygen atoms in total. The number of pyridine rings is 2. The standard InChI is InChI=1S/C24H15FNS.C18H24GeN.Ir/c1-15-13-21(26-14-19(15)16-7-3-2-4-8-16)17-11-12-20(25)23-18-9-5-6-10-22(18)27-24(17)23;1-14(2)11-16-12-18(15-9-7-6-8-10-15)20-13-17(16)19(3,4)5;/h2-10,12-14H,1H3;6-9,12-14H,11H2,1-5H3;/q2*-1;/i1D3;;. The molecule has 0 saturated heterocycles. The molecule has 0 saturated carbocycles. The molecule has 245 valence electrons. The number of aromatic nitrogens is 2. The van der Waals surface area contributed by atoms with E-state index in [0.717, 1.165) is 33.3 Å². The van der Waals surface area contributed by atoms with Crippen LogP contribution in [0.15, 0.2) is 109 Å². The zero-order chi connectivity index (χ0) is 35.6. The average Bonchev–Trinajstić information content (AvgIpc) is 3.49. The van der Waals surface area contributed by atoms with Crippen LogP contribution in [0.1, 0.15) is 29.1 Å². The van der Waals surface area contributed by atoms with E-state index in [1.165, 1.54) is 23.0 Å². The van der Waals surface area contributed by atoms with Gasteiger partial charge in [-0.3, -0.25) is 4.39 Å². The largest absolute Gasteiger partial charge is 0.304 e. The molecule has 1 radical (unpaired) electrons. The van der Waals surface area contributed by atoms with Gasteiger partial charge in [0.05, 0.1) is 0 Å². The van der Waals surface area contributed by atoms with Crippen molar-refractivity contribution in [3.8, 4) is 33.6 Å². The summed E-state index contributed by atoms with van der Waals surface area (Å²) in [7, 11) is 0. The first kappa shape index (κ1) is 31.8. The Morgan fingerprint density at radius 1 is 0.875 bits per heavy atom. The minimum Gasteiger partial charge on any atom is -0.304 e. The monoisotopic (exact) mass is 892 g/mol. The normalized spacial score (nSPS) is 12.5. The molecule has 0 aliphatic rings. The first-order valence-corrected chi connectivity index (χ1v) is 24.0. The number of benzene rings is 4. The van der Waals surface area contributed by atoms with E-state index < -0.39 is 20.1 Å². The second-order valence-electron chi connectivity index (χ2n) is 13.1. The topological polar surface area (TPSA) is 25.8 Å². The summed E-state index contributed by atoms with van der Waals surface area (Å²) in [5, 5.41) is 1.36. The molecular formula is C42H39FGeIrN2S-2. The van der Waals surface area contributed by atoms with Crippen molar-refractivity contribution in [1.82, 2.24) is 9.97 Å². The van der Waals surface area contributed by atoms with Crippen molar-refractivity contribution < 1.29 is 28.6 Å². The fourth-order valence-corrected chi connectivity index (χ4v) is 10.4. The number of hydrogen-bond donors (Lipinski definition) is 0. The average molecular weight is 891 g/mol. The minimum atomic E-state index is -2.32. The first-order valence-electron chi connectivity index (χ1n) is 17.4. The Hall–Kier alpha value is -3.48. The van der Waals surface area contributed by atoms with Crippen molar-refractivity contribution in [3.05, 3.63) is 139 Å². The van der Waals surface area contributed by atoms with Gasteiger partial charge in [0.1, 0.15) is 0 Å². The molecule has 7 rings (SSSR count). The molecule has 48 heavy (non-hydrogen) atoms. The maximum atomic E-state index is 14.7. The Morgan fingerprint density at radius 3 is 2.31 bits per heavy atom. The molecule has 6 heteroatoms. The third kappa shape index (κ3) is 7.87. The maximum Gasteiger partial charge on any atom is 0.0470 e. The van der Waals surface area contributed by atoms with E-state index in [2.05, 4.69) is 66.6 Å². The zero-order valence-corrected chi connectivity index (χ0v) is 33.0. The number of fused-ring (bicyclic) bond motifs is 3. The number of hydrogen-bond acceptors (Lipinski definition) is 3. The van der Waals surface area contributed by atoms with Crippen LogP contribution < -0.4 is 4.40 Å². The molecule has 0 spiro atoms. The van der Waals surface area contributed by atoms with Gasteiger partial charge in [0.15, 0.2) is 0 Å². The van der Waals surface area contributed by atoms with E-state index in [1.54, 1.807) is 16.7 Å². The Balaban J connectivity index is 0.000000211. The Morgan fingerprint density at radius 2 is 1.60 bits per heavy atom. The van der Waals surface area contributed by atoms with Crippen molar-refractivity contribution in [2.75, 3.05) is 0 Å². The van der Waals surface area contributed by atoms with Crippen LogP contribution in [-0.4, -0.2) is 23.2 Å². The summed E-state index contributed by atoms with van der Waals surface area (Å²) in [6, 6.07) is 36.5. The molecule has 0 unspecified atom stereocenters. The van der Waals surface area contributed by atoms with Gasteiger partial charge >= 0.3 is 126 Å². The Labute approximate surface area is 308 Å². The van der Waals surface area contributed by atoms with Gasteiger partial charge < -0.3 is 4.98 Å². The first-order chi connectivity index (χ1) is 23.8. The van der Waals surface area contributed by atoms with E-state index >= 15 is 0 Å². The molecular weight excluding hydrogens is 848 g/mol. The van der Waals surface area contributed by atoms with Crippen LogP contribution in [0.25, 0.3) is 53.8 Å². The van der Waals surface area contributed by atoms with Crippen LogP contribution in [0.5, 0.6) is 0 Å². The second-order valence-corrected chi connectivity index (χ2v) is 24.8. The van der Waals surface area contributed by atoms with Gasteiger partial charge in [-0.15, -0.1) is 17.7 Å². The Kier molecular flexibility index (Phi) is 10.2. The summed E-state index contributed by atoms with van der Waals surface area (Å²) >= 11 is -0.399. The van der Waals surface area contributed by atoms with Crippen LogP contribution in [-0.2, 0) is 26.5 Å². The van der Waals surface area contributed by atoms with Gasteiger partial charge in [0, 0.05) is 46.5 Å². The molecule has 0 atom stereocenters. The van der Waals surface area contributed by atoms with Crippen molar-refractivity contribution >= 4 is 49.2 Å². The van der Waals surface area contributed by atoms with E-state index in [1.807, 2.05) is 72.8 Å². The molecule has 3 aromatic heterocycles. The van der Waals surface area contributed by atoms with Gasteiger partial charge in [-0.1, -0.05) is 54.6 Å². The predicted octanol–water partition coefficient (Wildman–Crippen LogP) is 11.3. The van der Waals surface area contributed by atoms with Crippen LogP contribution in [0.4, 0.5) is 4.39 Å². The van der Waals surface area contributed by atoms with E-state index in [9.17, 15) is 4.39 Å². The number of rotatable bonds is 6. The van der Waals surface area contributed by atoms with E-state index in [0.29, 0.717) is 32.8 Å². The Bertz CT molecular complexity index is 2270. The molecule has 3 heterocycles. The summed E-state index contributed by atoms with van der Waals surface area (Å²) in [6.07, 6.45) is 4.86. The number of nitrogens with zero attached hydrogens (tertiary/aromatic N) is 2. The van der Waals surface area contributed by atoms with E-state index in [4.69, 9.17) is 9.10 Å². The zero-order valence-electron chi connectivity index (χ0n) is 30.7. The third-order valence-electron chi connectivity index (χ3n) is 8.06. The third-order valence-corrected chi connectivity index (χ3v) is 13.6. The van der Waals surface area contributed by atoms with E-state index in [-0.39, 0.29) is 31.5 Å². The molecule has 0 amide bonds. The molecule has 0 N–H and O–H groups in total. The quantitative estimate of drug-likeness (QED) is 0.123. The van der Waals surface area contributed by atoms with Crippen molar-refractivity contribution in [1.29, 1.82) is 0 Å². The maximum absolute atomic E-state index is 14.7. The smallest absolute Gasteiger partial charge is 0.0470 e. The number of halogens is 1. The summed E-state index contributed by atoms with van der Waals surface area (Å²) in [5.41, 5.74) is 6.28. The second kappa shape index (κ2) is 15.4. The van der Waals surface area contributed by atoms with Crippen molar-refractivity contribution in [2.45, 2.75) is 44.4 Å². The summed E-state index contributed by atoms with van der Waals surface area (Å²) in [6.45, 7) is 2.25. The summed E-state index contributed by atoms with van der Waals surface area (Å²) in [5.74, 6) is 7.65. The van der Waals surface area contributed by atoms with Gasteiger partial charge in [0.25, 0.3) is 0 Å². The molecule has 4 aromatic carbocycles. The van der Waals surface area contributed by atoms with Crippen molar-refractivity contribution in [3.63, 3.8) is 0 Å². The van der Waals surface area contributed by atoms with Gasteiger partial charge in [-0.25, -0.2) is 0 Å². The van der Waals surface area contributed by atoms with Gasteiger partial charge in [-0.05, 0) is 45.2 Å². The molecule has 0 aliphatic heterocycles. The fraction of sp³-hybridized carbons (Fsp3) is 0.190. The molecule has 0 fully saturated rings. The number of thiophene rings is 1. The predicted molar refractivity (Wildman–Crippen MR) is 202 cm³/mol. The SMILES string of the molecule is CC(C)Cc1cc(-c2[c-]cccc2)nc[c]1[Ge]([CH3])([CH3])[CH3].[2H]C([2H])([2H])c1cc(-c2[c-]cc(F)c3c2sc2ccccc23)ncc1-c1ccccc1.[Ir]. The summed E-state index contributed by atoms with van der Waals surface area (Å²) in [4.78, 5) is 9.25. The molecule has 7 aromatic rings. The summed E-state index contributed by atoms with van der Waals surface area (Å²) < 4.78 is 42.0.